The molecule has 0 atom stereocenters. The third-order valence-corrected chi connectivity index (χ3v) is 7.48. The number of benzene rings is 1. The van der Waals surface area contributed by atoms with E-state index in [0.717, 1.165) is 50.4 Å². The van der Waals surface area contributed by atoms with Gasteiger partial charge in [0.25, 0.3) is 0 Å². The maximum Gasteiger partial charge on any atom is 0.158 e. The van der Waals surface area contributed by atoms with Crippen molar-refractivity contribution >= 4 is 34.7 Å². The predicted molar refractivity (Wildman–Crippen MR) is 162 cm³/mol. The number of halogens is 1. The van der Waals surface area contributed by atoms with Crippen LogP contribution in [0.2, 0.25) is 5.02 Å². The fourth-order valence-corrected chi connectivity index (χ4v) is 5.12. The number of aliphatic hydroxyl groups excluding tert-OH is 1. The van der Waals surface area contributed by atoms with Gasteiger partial charge in [-0.05, 0) is 18.6 Å². The highest BCUT2D eigenvalue weighted by Gasteiger charge is 2.19. The second-order valence-corrected chi connectivity index (χ2v) is 10.2. The Hall–Kier alpha value is -4.10. The number of rotatable bonds is 11. The molecular formula is C29H34ClN9O3. The van der Waals surface area contributed by atoms with Crippen LogP contribution in [0.25, 0.3) is 11.4 Å². The van der Waals surface area contributed by atoms with Gasteiger partial charge in [0, 0.05) is 75.6 Å². The van der Waals surface area contributed by atoms with Crippen LogP contribution in [0.1, 0.15) is 11.1 Å². The van der Waals surface area contributed by atoms with E-state index in [4.69, 9.17) is 26.2 Å². The number of methoxy groups -OCH3 is 2. The molecule has 3 aromatic heterocycles. The summed E-state index contributed by atoms with van der Waals surface area (Å²) in [7, 11) is 3.14. The zero-order chi connectivity index (χ0) is 29.5. The molecule has 0 bridgehead atoms. The number of ether oxygens (including phenoxy) is 2. The lowest BCUT2D eigenvalue weighted by Crippen LogP contribution is -2.46. The Bertz CT molecular complexity index is 1470. The molecule has 1 fully saturated rings. The van der Waals surface area contributed by atoms with E-state index in [-0.39, 0.29) is 6.61 Å². The lowest BCUT2D eigenvalue weighted by atomic mass is 10.1. The Morgan fingerprint density at radius 2 is 1.64 bits per heavy atom. The van der Waals surface area contributed by atoms with E-state index in [2.05, 4.69) is 51.4 Å². The highest BCUT2D eigenvalue weighted by molar-refractivity contribution is 6.35. The van der Waals surface area contributed by atoms with E-state index in [1.807, 2.05) is 19.2 Å². The lowest BCUT2D eigenvalue weighted by molar-refractivity contribution is 0.108. The highest BCUT2D eigenvalue weighted by Crippen LogP contribution is 2.42. The molecule has 42 heavy (non-hydrogen) atoms. The van der Waals surface area contributed by atoms with Crippen molar-refractivity contribution in [1.29, 1.82) is 0 Å². The Morgan fingerprint density at radius 1 is 0.881 bits per heavy atom. The minimum atomic E-state index is 0.205. The number of pyridine rings is 1. The Kier molecular flexibility index (Phi) is 9.59. The minimum absolute atomic E-state index is 0.205. The van der Waals surface area contributed by atoms with Gasteiger partial charge in [0.1, 0.15) is 40.2 Å². The molecule has 0 amide bonds. The normalized spacial score (nSPS) is 14.0. The third-order valence-electron chi connectivity index (χ3n) is 7.10. The zero-order valence-electron chi connectivity index (χ0n) is 23.8. The van der Waals surface area contributed by atoms with Gasteiger partial charge in [-0.2, -0.15) is 0 Å². The molecule has 1 saturated heterocycles. The number of piperazine rings is 1. The average molecular weight is 592 g/mol. The summed E-state index contributed by atoms with van der Waals surface area (Å²) in [6.45, 7) is 7.55. The maximum absolute atomic E-state index is 9.14. The first-order chi connectivity index (χ1) is 20.5. The predicted octanol–water partition coefficient (Wildman–Crippen LogP) is 3.90. The van der Waals surface area contributed by atoms with Crippen molar-refractivity contribution in [2.24, 2.45) is 0 Å². The van der Waals surface area contributed by atoms with Crippen LogP contribution >= 0.6 is 11.6 Å². The molecule has 1 aromatic carbocycles. The molecule has 12 nitrogen and oxygen atoms in total. The van der Waals surface area contributed by atoms with Crippen molar-refractivity contribution < 1.29 is 14.6 Å². The van der Waals surface area contributed by atoms with Gasteiger partial charge in [-0.1, -0.05) is 17.7 Å². The number of nitrogens with zero attached hydrogens (tertiary/aromatic N) is 7. The minimum Gasteiger partial charge on any atom is -0.496 e. The second-order valence-electron chi connectivity index (χ2n) is 9.78. The van der Waals surface area contributed by atoms with Gasteiger partial charge in [-0.3, -0.25) is 9.80 Å². The van der Waals surface area contributed by atoms with Crippen LogP contribution in [0, 0.1) is 6.92 Å². The molecule has 1 aliphatic rings. The third kappa shape index (κ3) is 6.85. The molecule has 0 unspecified atom stereocenters. The molecule has 220 valence electrons. The van der Waals surface area contributed by atoms with E-state index in [1.165, 1.54) is 6.33 Å². The first kappa shape index (κ1) is 29.4. The van der Waals surface area contributed by atoms with Crippen molar-refractivity contribution in [2.75, 3.05) is 64.2 Å². The standard InChI is InChI=1S/C29H34ClN9O3/c1-19-22(41-2)15-23(42-3)26(30)27(19)37-29-28(31-6-7-32-29)21-14-25(35-18-34-21)36-24-5-4-20(16-33-24)17-39-10-8-38(9-11-39)12-13-40/h4-7,14-16,18,40H,8-13,17H2,1-3H3,(H,32,37)(H,33,34,35,36). The van der Waals surface area contributed by atoms with Gasteiger partial charge in [0.2, 0.25) is 0 Å². The zero-order valence-corrected chi connectivity index (χ0v) is 24.6. The van der Waals surface area contributed by atoms with Crippen LogP contribution in [0.4, 0.5) is 23.1 Å². The van der Waals surface area contributed by atoms with Gasteiger partial charge in [0.05, 0.1) is 32.2 Å². The fraction of sp³-hybridized carbons (Fsp3) is 0.345. The largest absolute Gasteiger partial charge is 0.496 e. The Morgan fingerprint density at radius 3 is 2.36 bits per heavy atom. The van der Waals surface area contributed by atoms with Crippen LogP contribution < -0.4 is 20.1 Å². The summed E-state index contributed by atoms with van der Waals surface area (Å²) >= 11 is 6.64. The summed E-state index contributed by atoms with van der Waals surface area (Å²) in [4.78, 5) is 27.1. The van der Waals surface area contributed by atoms with Crippen LogP contribution in [0.5, 0.6) is 11.5 Å². The maximum atomic E-state index is 9.14. The monoisotopic (exact) mass is 591 g/mol. The number of β-amino-alcohol motifs (C(OH)–C–C–N with tert-alkyl or cyclic N) is 1. The molecule has 0 radical (unpaired) electrons. The molecule has 0 aliphatic carbocycles. The summed E-state index contributed by atoms with van der Waals surface area (Å²) < 4.78 is 10.9. The molecule has 13 heteroatoms. The molecule has 4 aromatic rings. The Labute approximate surface area is 249 Å². The first-order valence-electron chi connectivity index (χ1n) is 13.6. The fourth-order valence-electron chi connectivity index (χ4n) is 4.80. The van der Waals surface area contributed by atoms with Crippen molar-refractivity contribution in [3.63, 3.8) is 0 Å². The smallest absolute Gasteiger partial charge is 0.158 e. The molecule has 1 aliphatic heterocycles. The lowest BCUT2D eigenvalue weighted by Gasteiger charge is -2.34. The number of hydrogen-bond acceptors (Lipinski definition) is 12. The van der Waals surface area contributed by atoms with Crippen molar-refractivity contribution in [2.45, 2.75) is 13.5 Å². The van der Waals surface area contributed by atoms with E-state index in [1.54, 1.807) is 38.7 Å². The molecule has 0 saturated carbocycles. The van der Waals surface area contributed by atoms with E-state index in [0.29, 0.717) is 51.1 Å². The number of anilines is 4. The Balaban J connectivity index is 1.30. The van der Waals surface area contributed by atoms with E-state index in [9.17, 15) is 0 Å². The summed E-state index contributed by atoms with van der Waals surface area (Å²) in [6, 6.07) is 7.54. The van der Waals surface area contributed by atoms with Crippen molar-refractivity contribution in [3.8, 4) is 22.9 Å². The average Bonchev–Trinajstić information content (AvgIpc) is 3.02. The molecule has 4 heterocycles. The topological polar surface area (TPSA) is 134 Å². The summed E-state index contributed by atoms with van der Waals surface area (Å²) in [5, 5.41) is 16.1. The van der Waals surface area contributed by atoms with Gasteiger partial charge in [0.15, 0.2) is 5.82 Å². The van der Waals surface area contributed by atoms with Crippen LogP contribution in [0.3, 0.4) is 0 Å². The van der Waals surface area contributed by atoms with Gasteiger partial charge < -0.3 is 25.2 Å². The van der Waals surface area contributed by atoms with Gasteiger partial charge in [-0.15, -0.1) is 0 Å². The second kappa shape index (κ2) is 13.7. The van der Waals surface area contributed by atoms with E-state index >= 15 is 0 Å². The summed E-state index contributed by atoms with van der Waals surface area (Å²) in [6.07, 6.45) is 6.54. The summed E-state index contributed by atoms with van der Waals surface area (Å²) in [5.74, 6) is 2.78. The number of aromatic nitrogens is 5. The first-order valence-corrected chi connectivity index (χ1v) is 14.0. The quantitative estimate of drug-likeness (QED) is 0.233. The van der Waals surface area contributed by atoms with Crippen LogP contribution in [-0.4, -0.2) is 93.4 Å². The SMILES string of the molecule is COc1cc(OC)c(Cl)c(Nc2nccnc2-c2cc(Nc3ccc(CN4CCN(CCO)CC4)cn3)ncn2)c1C. The van der Waals surface area contributed by atoms with Crippen molar-refractivity contribution in [1.82, 2.24) is 34.7 Å². The van der Waals surface area contributed by atoms with Gasteiger partial charge >= 0.3 is 0 Å². The van der Waals surface area contributed by atoms with Crippen LogP contribution in [-0.2, 0) is 6.54 Å². The highest BCUT2D eigenvalue weighted by atomic mass is 35.5. The molecule has 0 spiro atoms. The van der Waals surface area contributed by atoms with Crippen LogP contribution in [0.15, 0.2) is 49.2 Å². The number of nitrogens with one attached hydrogen (secondary N) is 2. The summed E-state index contributed by atoms with van der Waals surface area (Å²) in [5.41, 5.74) is 3.60. The van der Waals surface area contributed by atoms with Crippen molar-refractivity contribution in [3.05, 3.63) is 65.3 Å². The number of hydrogen-bond donors (Lipinski definition) is 3. The van der Waals surface area contributed by atoms with Gasteiger partial charge in [-0.25, -0.2) is 24.9 Å². The van der Waals surface area contributed by atoms with E-state index < -0.39 is 0 Å². The molecule has 3 N–H and O–H groups in total. The molecule has 5 rings (SSSR count). The number of aliphatic hydroxyl groups is 1. The molecular weight excluding hydrogens is 558 g/mol.